The van der Waals surface area contributed by atoms with Gasteiger partial charge in [-0.3, -0.25) is 4.79 Å². The van der Waals surface area contributed by atoms with Crippen molar-refractivity contribution in [1.82, 2.24) is 10.3 Å². The first-order chi connectivity index (χ1) is 24.5. The molecule has 1 aliphatic carbocycles. The van der Waals surface area contributed by atoms with Gasteiger partial charge >= 0.3 is 0 Å². The molecule has 1 saturated carbocycles. The van der Waals surface area contributed by atoms with E-state index in [-0.39, 0.29) is 41.1 Å². The molecule has 0 unspecified atom stereocenters. The highest BCUT2D eigenvalue weighted by atomic mass is 16.5. The number of hydrogen-bond acceptors (Lipinski definition) is 9. The second-order valence-electron chi connectivity index (χ2n) is 14.6. The molecule has 10 nitrogen and oxygen atoms in total. The summed E-state index contributed by atoms with van der Waals surface area (Å²) >= 11 is 0. The third kappa shape index (κ3) is 9.03. The number of nitrogens with two attached hydrogens (primary N) is 1. The zero-order valence-corrected chi connectivity index (χ0v) is 30.2. The van der Waals surface area contributed by atoms with Crippen LogP contribution in [0.25, 0.3) is 0 Å². The van der Waals surface area contributed by atoms with Gasteiger partial charge in [-0.2, -0.15) is 0 Å². The lowest BCUT2D eigenvalue weighted by atomic mass is 9.58. The van der Waals surface area contributed by atoms with E-state index < -0.39 is 17.4 Å². The Bertz CT molecular complexity index is 1680. The van der Waals surface area contributed by atoms with Crippen LogP contribution in [0, 0.1) is 23.2 Å². The number of phenolic OH excluding ortho intramolecular Hbond substituents is 3. The summed E-state index contributed by atoms with van der Waals surface area (Å²) in [5, 5.41) is 46.7. The van der Waals surface area contributed by atoms with Gasteiger partial charge in [-0.25, -0.2) is 0 Å². The van der Waals surface area contributed by atoms with Gasteiger partial charge in [-0.05, 0) is 122 Å². The number of aliphatic hydroxyl groups is 1. The topological polar surface area (TPSA) is 170 Å². The maximum absolute atomic E-state index is 14.8. The van der Waals surface area contributed by atoms with E-state index in [4.69, 9.17) is 15.2 Å². The number of aryl methyl sites for hydroxylation is 2. The molecule has 5 rings (SSSR count). The number of carbonyl (C=O) groups excluding carboxylic acids is 1. The summed E-state index contributed by atoms with van der Waals surface area (Å²) in [6.07, 6.45) is 11.2. The number of aromatic nitrogens is 1. The number of ether oxygens (including phenoxy) is 2. The van der Waals surface area contributed by atoms with Crippen LogP contribution in [-0.2, 0) is 24.1 Å². The van der Waals surface area contributed by atoms with E-state index in [1.165, 1.54) is 13.2 Å². The van der Waals surface area contributed by atoms with E-state index in [0.717, 1.165) is 55.4 Å². The normalized spacial score (nSPS) is 20.0. The average Bonchev–Trinajstić information content (AvgIpc) is 3.78. The Morgan fingerprint density at radius 1 is 1.04 bits per heavy atom. The number of Topliss-reactive ketones (excluding diaryl/α,β-unsaturated/α-hetero) is 1. The number of nitrogens with one attached hydrogen (secondary N) is 2. The molecule has 1 aliphatic heterocycles. The standard InChI is InChI=1S/C41H55N3O7/c1-26(2)7-6-20-51-37-23-28(21-35(48)40(37)49)12-15-34(47)39(33(46)14-11-27-10-13-32(45)36(22-27)50-3)41(30-16-19-44-38(42)25-30)17-4-8-29(41)24-31-9-5-18-43-31/h5,9-10,13,16,18,21-23,25-26,29,33,39,43-46,48-49H,4,6-8,11-12,14-15,17,19-20,24,42H2,1-3H3/t29-,33+,39+,41+/m0/s1. The Morgan fingerprint density at radius 3 is 2.57 bits per heavy atom. The number of carbonyl (C=O) groups is 1. The fraction of sp³-hybridized carbons (Fsp3) is 0.488. The number of rotatable bonds is 18. The van der Waals surface area contributed by atoms with Crippen molar-refractivity contribution in [3.8, 4) is 28.7 Å². The molecule has 0 spiro atoms. The van der Waals surface area contributed by atoms with Crippen molar-refractivity contribution in [3.63, 3.8) is 0 Å². The molecule has 0 amide bonds. The predicted molar refractivity (Wildman–Crippen MR) is 198 cm³/mol. The van der Waals surface area contributed by atoms with Gasteiger partial charge in [0.15, 0.2) is 23.0 Å². The number of aromatic hydroxyl groups is 3. The molecule has 4 atom stereocenters. The van der Waals surface area contributed by atoms with Crippen LogP contribution in [0.15, 0.2) is 72.2 Å². The van der Waals surface area contributed by atoms with Gasteiger partial charge in [0.05, 0.1) is 31.6 Å². The first-order valence-corrected chi connectivity index (χ1v) is 18.3. The molecule has 2 aromatic carbocycles. The van der Waals surface area contributed by atoms with Gasteiger partial charge in [0.1, 0.15) is 5.78 Å². The largest absolute Gasteiger partial charge is 0.504 e. The molecule has 0 bridgehead atoms. The van der Waals surface area contributed by atoms with Crippen molar-refractivity contribution in [3.05, 3.63) is 89.0 Å². The van der Waals surface area contributed by atoms with Crippen molar-refractivity contribution in [2.45, 2.75) is 84.2 Å². The zero-order chi connectivity index (χ0) is 36.5. The van der Waals surface area contributed by atoms with E-state index in [2.05, 4.69) is 36.3 Å². The Kier molecular flexibility index (Phi) is 12.6. The van der Waals surface area contributed by atoms with Gasteiger partial charge in [-0.15, -0.1) is 0 Å². The number of dihydropyridines is 1. The molecule has 1 aromatic heterocycles. The van der Waals surface area contributed by atoms with Gasteiger partial charge in [0.25, 0.3) is 0 Å². The Hall–Kier alpha value is -4.57. The van der Waals surface area contributed by atoms with E-state index >= 15 is 0 Å². The Labute approximate surface area is 301 Å². The third-order valence-corrected chi connectivity index (χ3v) is 10.7. The second kappa shape index (κ2) is 17.1. The van der Waals surface area contributed by atoms with Crippen LogP contribution >= 0.6 is 0 Å². The van der Waals surface area contributed by atoms with Crippen molar-refractivity contribution in [1.29, 1.82) is 0 Å². The SMILES string of the molecule is COc1cc(CC[C@@H](O)[C@H](C(=O)CCc2cc(O)c(O)c(OCCCC(C)C)c2)[C@]2(C3=CCNC(N)=C3)CCC[C@H]2Cc2ccc[nH]2)ccc1O. The van der Waals surface area contributed by atoms with Crippen LogP contribution < -0.4 is 20.5 Å². The predicted octanol–water partition coefficient (Wildman–Crippen LogP) is 6.43. The highest BCUT2D eigenvalue weighted by molar-refractivity contribution is 5.83. The van der Waals surface area contributed by atoms with Gasteiger partial charge in [0.2, 0.25) is 5.75 Å². The van der Waals surface area contributed by atoms with Gasteiger partial charge < -0.3 is 45.9 Å². The minimum Gasteiger partial charge on any atom is -0.504 e. The molecule has 2 aliphatic rings. The van der Waals surface area contributed by atoms with Crippen LogP contribution in [0.1, 0.15) is 75.6 Å². The van der Waals surface area contributed by atoms with Gasteiger partial charge in [0, 0.05) is 30.3 Å². The van der Waals surface area contributed by atoms with E-state index in [1.807, 2.05) is 18.3 Å². The first kappa shape index (κ1) is 37.7. The lowest BCUT2D eigenvalue weighted by Gasteiger charge is -2.46. The lowest BCUT2D eigenvalue weighted by Crippen LogP contribution is -2.48. The minimum atomic E-state index is -0.986. The van der Waals surface area contributed by atoms with E-state index in [9.17, 15) is 25.2 Å². The molecular weight excluding hydrogens is 646 g/mol. The maximum Gasteiger partial charge on any atom is 0.200 e. The number of aliphatic hydroxyl groups excluding tert-OH is 1. The molecule has 3 aromatic rings. The fourth-order valence-electron chi connectivity index (χ4n) is 8.20. The molecule has 10 heteroatoms. The summed E-state index contributed by atoms with van der Waals surface area (Å²) in [5.74, 6) is 0.297. The van der Waals surface area contributed by atoms with Crippen molar-refractivity contribution >= 4 is 5.78 Å². The molecule has 0 saturated heterocycles. The Balaban J connectivity index is 1.47. The van der Waals surface area contributed by atoms with Crippen LogP contribution in [-0.4, -0.2) is 57.6 Å². The van der Waals surface area contributed by atoms with Crippen LogP contribution in [0.4, 0.5) is 0 Å². The summed E-state index contributed by atoms with van der Waals surface area (Å²) in [6.45, 7) is 5.22. The van der Waals surface area contributed by atoms with E-state index in [0.29, 0.717) is 55.5 Å². The molecular formula is C41H55N3O7. The second-order valence-corrected chi connectivity index (χ2v) is 14.6. The molecule has 1 fully saturated rings. The van der Waals surface area contributed by atoms with E-state index in [1.54, 1.807) is 24.3 Å². The smallest absolute Gasteiger partial charge is 0.200 e. The highest BCUT2D eigenvalue weighted by Gasteiger charge is 2.55. The summed E-state index contributed by atoms with van der Waals surface area (Å²) in [7, 11) is 1.50. The van der Waals surface area contributed by atoms with Gasteiger partial charge in [-0.1, -0.05) is 32.4 Å². The summed E-state index contributed by atoms with van der Waals surface area (Å²) < 4.78 is 11.2. The van der Waals surface area contributed by atoms with Crippen molar-refractivity contribution in [2.24, 2.45) is 28.9 Å². The number of ketones is 1. The number of allylic oxidation sites excluding steroid dienone is 2. The zero-order valence-electron chi connectivity index (χ0n) is 30.2. The number of methoxy groups -OCH3 is 1. The summed E-state index contributed by atoms with van der Waals surface area (Å²) in [5.41, 5.74) is 9.28. The number of benzene rings is 2. The number of H-pyrrole nitrogens is 1. The molecule has 51 heavy (non-hydrogen) atoms. The van der Waals surface area contributed by atoms with Crippen LogP contribution in [0.5, 0.6) is 28.7 Å². The third-order valence-electron chi connectivity index (χ3n) is 10.7. The Morgan fingerprint density at radius 2 is 1.84 bits per heavy atom. The molecule has 8 N–H and O–H groups in total. The maximum atomic E-state index is 14.8. The van der Waals surface area contributed by atoms with Crippen molar-refractivity contribution in [2.75, 3.05) is 20.3 Å². The number of hydrogen-bond donors (Lipinski definition) is 7. The number of phenols is 3. The molecule has 276 valence electrons. The number of aromatic amines is 1. The monoisotopic (exact) mass is 701 g/mol. The summed E-state index contributed by atoms with van der Waals surface area (Å²) in [6, 6.07) is 12.4. The quantitative estimate of drug-likeness (QED) is 0.0584. The van der Waals surface area contributed by atoms with Crippen molar-refractivity contribution < 1.29 is 34.7 Å². The summed E-state index contributed by atoms with van der Waals surface area (Å²) in [4.78, 5) is 18.2. The highest BCUT2D eigenvalue weighted by Crippen LogP contribution is 2.57. The molecule has 2 heterocycles. The van der Waals surface area contributed by atoms with Crippen LogP contribution in [0.2, 0.25) is 0 Å². The first-order valence-electron chi connectivity index (χ1n) is 18.3. The molecule has 0 radical (unpaired) electrons. The van der Waals surface area contributed by atoms with Crippen LogP contribution in [0.3, 0.4) is 0 Å². The fourth-order valence-corrected chi connectivity index (χ4v) is 8.20. The minimum absolute atomic E-state index is 0.0403. The lowest BCUT2D eigenvalue weighted by molar-refractivity contribution is -0.133. The average molecular weight is 702 g/mol.